The molecule has 1 amide bonds. The number of benzene rings is 1. The number of hydrogen-bond donors (Lipinski definition) is 0. The molecule has 24 heavy (non-hydrogen) atoms. The van der Waals surface area contributed by atoms with Crippen LogP contribution >= 0.6 is 0 Å². The number of pyridine rings is 1. The van der Waals surface area contributed by atoms with Crippen LogP contribution in [0.15, 0.2) is 55.0 Å². The zero-order chi connectivity index (χ0) is 16.5. The van der Waals surface area contributed by atoms with Crippen molar-refractivity contribution in [3.8, 4) is 0 Å². The highest BCUT2D eigenvalue weighted by atomic mass is 19.1. The molecule has 1 aliphatic rings. The molecule has 120 valence electrons. The molecule has 5 nitrogen and oxygen atoms in total. The molecule has 6 heteroatoms. The monoisotopic (exact) mass is 322 g/mol. The lowest BCUT2D eigenvalue weighted by Gasteiger charge is -2.26. The predicted octanol–water partition coefficient (Wildman–Crippen LogP) is 2.67. The lowest BCUT2D eigenvalue weighted by molar-refractivity contribution is 0.0980. The zero-order valence-electron chi connectivity index (χ0n) is 12.9. The summed E-state index contributed by atoms with van der Waals surface area (Å²) in [5, 5.41) is 4.31. The van der Waals surface area contributed by atoms with Crippen molar-refractivity contribution in [1.82, 2.24) is 14.8 Å². The van der Waals surface area contributed by atoms with E-state index in [-0.39, 0.29) is 11.7 Å². The van der Waals surface area contributed by atoms with Crippen LogP contribution in [0.1, 0.15) is 21.6 Å². The summed E-state index contributed by atoms with van der Waals surface area (Å²) in [7, 11) is 0. The molecule has 2 aromatic heterocycles. The number of hydrogen-bond acceptors (Lipinski definition) is 3. The van der Waals surface area contributed by atoms with Crippen LogP contribution < -0.4 is 4.90 Å². The van der Waals surface area contributed by atoms with Gasteiger partial charge in [-0.05, 0) is 29.8 Å². The van der Waals surface area contributed by atoms with Crippen LogP contribution in [0.4, 0.5) is 10.1 Å². The predicted molar refractivity (Wildman–Crippen MR) is 87.3 cm³/mol. The Bertz CT molecular complexity index is 888. The molecule has 3 aromatic rings. The average molecular weight is 322 g/mol. The van der Waals surface area contributed by atoms with E-state index < -0.39 is 0 Å². The molecular weight excluding hydrogens is 307 g/mol. The Morgan fingerprint density at radius 2 is 2.00 bits per heavy atom. The Hall–Kier alpha value is -3.02. The molecule has 1 aromatic carbocycles. The number of rotatable bonds is 3. The molecule has 3 heterocycles. The summed E-state index contributed by atoms with van der Waals surface area (Å²) in [6, 6.07) is 9.89. The highest BCUT2D eigenvalue weighted by Gasteiger charge is 2.26. The van der Waals surface area contributed by atoms with Gasteiger partial charge in [0.25, 0.3) is 5.91 Å². The molecule has 0 bridgehead atoms. The van der Waals surface area contributed by atoms with E-state index in [4.69, 9.17) is 0 Å². The molecule has 0 radical (unpaired) electrons. The van der Waals surface area contributed by atoms with Crippen LogP contribution in [-0.4, -0.2) is 27.2 Å². The number of anilines is 1. The maximum absolute atomic E-state index is 13.0. The van der Waals surface area contributed by atoms with Crippen LogP contribution in [0, 0.1) is 5.82 Å². The fraction of sp³-hybridized carbons (Fsp3) is 0.167. The average Bonchev–Trinajstić information content (AvgIpc) is 3.06. The fourth-order valence-corrected chi connectivity index (χ4v) is 2.90. The summed E-state index contributed by atoms with van der Waals surface area (Å²) < 4.78 is 14.7. The first-order valence-electron chi connectivity index (χ1n) is 7.73. The Kier molecular flexibility index (Phi) is 3.57. The SMILES string of the molecule is O=C1c2cccnc2CCN1c1cnn(Cc2ccc(F)cc2)c1. The van der Waals surface area contributed by atoms with Crippen LogP contribution in [-0.2, 0) is 13.0 Å². The lowest BCUT2D eigenvalue weighted by Crippen LogP contribution is -2.37. The lowest BCUT2D eigenvalue weighted by atomic mass is 10.0. The molecule has 1 aliphatic heterocycles. The number of aromatic nitrogens is 3. The molecule has 0 saturated heterocycles. The van der Waals surface area contributed by atoms with E-state index in [0.717, 1.165) is 23.4 Å². The molecule has 0 saturated carbocycles. The minimum atomic E-state index is -0.258. The van der Waals surface area contributed by atoms with Crippen molar-refractivity contribution in [1.29, 1.82) is 0 Å². The number of carbonyl (C=O) groups is 1. The quantitative estimate of drug-likeness (QED) is 0.745. The van der Waals surface area contributed by atoms with Gasteiger partial charge in [0, 0.05) is 25.4 Å². The van der Waals surface area contributed by atoms with Gasteiger partial charge in [0.1, 0.15) is 5.82 Å². The number of fused-ring (bicyclic) bond motifs is 1. The molecule has 0 N–H and O–H groups in total. The summed E-state index contributed by atoms with van der Waals surface area (Å²) in [4.78, 5) is 18.6. The highest BCUT2D eigenvalue weighted by molar-refractivity contribution is 6.07. The Morgan fingerprint density at radius 1 is 1.17 bits per heavy atom. The van der Waals surface area contributed by atoms with Gasteiger partial charge in [0.15, 0.2) is 0 Å². The van der Waals surface area contributed by atoms with Gasteiger partial charge in [-0.15, -0.1) is 0 Å². The number of nitrogens with zero attached hydrogens (tertiary/aromatic N) is 4. The van der Waals surface area contributed by atoms with Crippen molar-refractivity contribution in [3.05, 3.63) is 77.6 Å². The maximum Gasteiger partial charge on any atom is 0.260 e. The molecule has 4 rings (SSSR count). The molecule has 0 aliphatic carbocycles. The minimum absolute atomic E-state index is 0.0503. The van der Waals surface area contributed by atoms with Crippen LogP contribution in [0.3, 0.4) is 0 Å². The molecule has 0 atom stereocenters. The van der Waals surface area contributed by atoms with Crippen LogP contribution in [0.25, 0.3) is 0 Å². The van der Waals surface area contributed by atoms with Crippen LogP contribution in [0.2, 0.25) is 0 Å². The van der Waals surface area contributed by atoms with Crippen molar-refractivity contribution in [3.63, 3.8) is 0 Å². The van der Waals surface area contributed by atoms with E-state index in [2.05, 4.69) is 10.1 Å². The van der Waals surface area contributed by atoms with Gasteiger partial charge >= 0.3 is 0 Å². The van der Waals surface area contributed by atoms with Gasteiger partial charge in [0.05, 0.1) is 29.7 Å². The first-order valence-corrected chi connectivity index (χ1v) is 7.73. The van der Waals surface area contributed by atoms with Gasteiger partial charge in [-0.1, -0.05) is 12.1 Å². The normalized spacial score (nSPS) is 13.9. The van der Waals surface area contributed by atoms with Crippen molar-refractivity contribution in [2.45, 2.75) is 13.0 Å². The molecule has 0 spiro atoms. The summed E-state index contributed by atoms with van der Waals surface area (Å²) in [5.74, 6) is -0.309. The fourth-order valence-electron chi connectivity index (χ4n) is 2.90. The van der Waals surface area contributed by atoms with Crippen molar-refractivity contribution >= 4 is 11.6 Å². The van der Waals surface area contributed by atoms with Gasteiger partial charge in [-0.2, -0.15) is 5.10 Å². The van der Waals surface area contributed by atoms with Gasteiger partial charge in [-0.25, -0.2) is 4.39 Å². The van der Waals surface area contributed by atoms with Crippen molar-refractivity contribution < 1.29 is 9.18 Å². The third-order valence-electron chi connectivity index (χ3n) is 4.13. The molecule has 0 fully saturated rings. The van der Waals surface area contributed by atoms with Gasteiger partial charge in [0.2, 0.25) is 0 Å². The third-order valence-corrected chi connectivity index (χ3v) is 4.13. The number of carbonyl (C=O) groups excluding carboxylic acids is 1. The maximum atomic E-state index is 13.0. The standard InChI is InChI=1S/C18H15FN4O/c19-14-5-3-13(4-6-14)11-22-12-15(10-21-22)23-9-7-17-16(18(23)24)2-1-8-20-17/h1-6,8,10,12H,7,9,11H2. The van der Waals surface area contributed by atoms with E-state index in [1.807, 2.05) is 6.20 Å². The van der Waals surface area contributed by atoms with E-state index in [9.17, 15) is 9.18 Å². The topological polar surface area (TPSA) is 51.0 Å². The Morgan fingerprint density at radius 3 is 2.83 bits per heavy atom. The second-order valence-electron chi connectivity index (χ2n) is 5.73. The number of halogens is 1. The second-order valence-corrected chi connectivity index (χ2v) is 5.73. The first kappa shape index (κ1) is 14.6. The number of amides is 1. The second kappa shape index (κ2) is 5.88. The van der Waals surface area contributed by atoms with Gasteiger partial charge in [-0.3, -0.25) is 14.5 Å². The van der Waals surface area contributed by atoms with Crippen molar-refractivity contribution in [2.24, 2.45) is 0 Å². The van der Waals surface area contributed by atoms with Gasteiger partial charge < -0.3 is 4.90 Å². The van der Waals surface area contributed by atoms with Crippen molar-refractivity contribution in [2.75, 3.05) is 11.4 Å². The minimum Gasteiger partial charge on any atom is -0.305 e. The Labute approximate surface area is 138 Å². The van der Waals surface area contributed by atoms with E-state index in [1.165, 1.54) is 12.1 Å². The summed E-state index contributed by atoms with van der Waals surface area (Å²) in [6.07, 6.45) is 5.96. The van der Waals surface area contributed by atoms with E-state index in [0.29, 0.717) is 18.7 Å². The highest BCUT2D eigenvalue weighted by Crippen LogP contribution is 2.23. The summed E-state index contributed by atoms with van der Waals surface area (Å²) >= 11 is 0. The first-order chi connectivity index (χ1) is 11.7. The summed E-state index contributed by atoms with van der Waals surface area (Å²) in [5.41, 5.74) is 3.20. The zero-order valence-corrected chi connectivity index (χ0v) is 12.9. The third kappa shape index (κ3) is 2.67. The molecular formula is C18H15FN4O. The summed E-state index contributed by atoms with van der Waals surface area (Å²) in [6.45, 7) is 1.12. The Balaban J connectivity index is 1.55. The largest absolute Gasteiger partial charge is 0.305 e. The van der Waals surface area contributed by atoms with E-state index in [1.54, 1.807) is 46.2 Å². The van der Waals surface area contributed by atoms with Crippen LogP contribution in [0.5, 0.6) is 0 Å². The van der Waals surface area contributed by atoms with E-state index >= 15 is 0 Å². The molecule has 0 unspecified atom stereocenters. The smallest absolute Gasteiger partial charge is 0.260 e.